The van der Waals surface area contributed by atoms with Crippen LogP contribution in [0.3, 0.4) is 0 Å². The van der Waals surface area contributed by atoms with Gasteiger partial charge in [-0.2, -0.15) is 0 Å². The van der Waals surface area contributed by atoms with E-state index in [2.05, 4.69) is 31.1 Å². The number of hydrogen-bond donors (Lipinski definition) is 1. The second-order valence-corrected chi connectivity index (χ2v) is 2.65. The van der Waals surface area contributed by atoms with Gasteiger partial charge in [0.2, 0.25) is 0 Å². The highest BCUT2D eigenvalue weighted by Crippen LogP contribution is 1.77. The summed E-state index contributed by atoms with van der Waals surface area (Å²) in [5, 5.41) is 3.36. The fourth-order valence-corrected chi connectivity index (χ4v) is 0.730. The molecule has 1 N–H and O–H groups in total. The molecule has 0 aromatic carbocycles. The fraction of sp³-hybridized carbons (Fsp3) is 1.00. The van der Waals surface area contributed by atoms with Crippen LogP contribution in [-0.2, 0) is 0 Å². The van der Waals surface area contributed by atoms with E-state index in [0.29, 0.717) is 0 Å². The Labute approximate surface area is 64.6 Å². The van der Waals surface area contributed by atoms with Crippen LogP contribution in [0, 0.1) is 0 Å². The summed E-state index contributed by atoms with van der Waals surface area (Å²) in [6.45, 7) is 8.95. The lowest BCUT2D eigenvalue weighted by atomic mass is 10.4. The largest absolute Gasteiger partial charge is 0.315 e. The quantitative estimate of drug-likeness (QED) is 0.558. The van der Waals surface area contributed by atoms with Gasteiger partial charge in [-0.25, -0.2) is 0 Å². The minimum atomic E-state index is 1.12. The van der Waals surface area contributed by atoms with E-state index in [9.17, 15) is 0 Å². The third kappa shape index (κ3) is 6.05. The van der Waals surface area contributed by atoms with Gasteiger partial charge in [0, 0.05) is 13.1 Å². The topological polar surface area (TPSA) is 15.3 Å². The molecular formula is C8H20N2. The lowest BCUT2D eigenvalue weighted by Gasteiger charge is -2.13. The van der Waals surface area contributed by atoms with Crippen LogP contribution in [0.5, 0.6) is 0 Å². The molecule has 0 aromatic rings. The Balaban J connectivity index is 2.89. The molecule has 0 aromatic heterocycles. The summed E-state index contributed by atoms with van der Waals surface area (Å²) in [6.07, 6.45) is 1.23. The maximum Gasteiger partial charge on any atom is 0.0104 e. The minimum absolute atomic E-state index is 1.12. The fourth-order valence-electron chi connectivity index (χ4n) is 0.730. The highest BCUT2D eigenvalue weighted by molar-refractivity contribution is 4.51. The van der Waals surface area contributed by atoms with Crippen LogP contribution in [0.15, 0.2) is 0 Å². The normalized spacial score (nSPS) is 10.8. The number of nitrogens with zero attached hydrogens (tertiary/aromatic N) is 1. The molecule has 0 aliphatic carbocycles. The third-order valence-corrected chi connectivity index (χ3v) is 1.64. The molecule has 0 radical (unpaired) electrons. The molecule has 0 heterocycles. The monoisotopic (exact) mass is 144 g/mol. The van der Waals surface area contributed by atoms with E-state index in [1.807, 2.05) is 0 Å². The van der Waals surface area contributed by atoms with Crippen molar-refractivity contribution in [3.8, 4) is 0 Å². The molecule has 62 valence electrons. The minimum Gasteiger partial charge on any atom is -0.315 e. The summed E-state index contributed by atoms with van der Waals surface area (Å²) in [5.41, 5.74) is 0. The van der Waals surface area contributed by atoms with Crippen molar-refractivity contribution in [1.29, 1.82) is 0 Å². The van der Waals surface area contributed by atoms with Crippen molar-refractivity contribution in [1.82, 2.24) is 10.2 Å². The van der Waals surface area contributed by atoms with Gasteiger partial charge in [-0.3, -0.25) is 0 Å². The van der Waals surface area contributed by atoms with Gasteiger partial charge in [-0.15, -0.1) is 0 Å². The van der Waals surface area contributed by atoms with Crippen LogP contribution in [0.1, 0.15) is 20.3 Å². The predicted octanol–water partition coefficient (Wildman–Crippen LogP) is 0.938. The van der Waals surface area contributed by atoms with Crippen molar-refractivity contribution in [2.24, 2.45) is 0 Å². The van der Waals surface area contributed by atoms with Crippen molar-refractivity contribution < 1.29 is 0 Å². The van der Waals surface area contributed by atoms with Crippen LogP contribution in [0.2, 0.25) is 0 Å². The molecule has 0 rings (SSSR count). The van der Waals surface area contributed by atoms with E-state index < -0.39 is 0 Å². The standard InChI is InChI=1S/C8H20N2/c1-4-6-9-7-8-10(3)5-2/h9H,4-8H2,1-3H3. The van der Waals surface area contributed by atoms with Gasteiger partial charge in [0.1, 0.15) is 0 Å². The molecule has 10 heavy (non-hydrogen) atoms. The maximum atomic E-state index is 3.36. The van der Waals surface area contributed by atoms with E-state index in [1.165, 1.54) is 6.42 Å². The molecule has 2 heteroatoms. The summed E-state index contributed by atoms with van der Waals surface area (Å²) >= 11 is 0. The number of nitrogens with one attached hydrogen (secondary N) is 1. The number of rotatable bonds is 6. The summed E-state index contributed by atoms with van der Waals surface area (Å²) < 4.78 is 0. The summed E-state index contributed by atoms with van der Waals surface area (Å²) in [4.78, 5) is 2.31. The van der Waals surface area contributed by atoms with Crippen LogP contribution in [-0.4, -0.2) is 38.1 Å². The Hall–Kier alpha value is -0.0800. The van der Waals surface area contributed by atoms with Crippen molar-refractivity contribution in [3.05, 3.63) is 0 Å². The first-order valence-electron chi connectivity index (χ1n) is 4.20. The maximum absolute atomic E-state index is 3.36. The van der Waals surface area contributed by atoms with E-state index >= 15 is 0 Å². The molecule has 0 fully saturated rings. The molecule has 0 bridgehead atoms. The Kier molecular flexibility index (Phi) is 6.98. The van der Waals surface area contributed by atoms with Crippen LogP contribution >= 0.6 is 0 Å². The molecule has 0 amide bonds. The lowest BCUT2D eigenvalue weighted by molar-refractivity contribution is 0.349. The molecular weight excluding hydrogens is 124 g/mol. The van der Waals surface area contributed by atoms with Crippen molar-refractivity contribution in [2.75, 3.05) is 33.2 Å². The molecule has 0 spiro atoms. The Bertz CT molecular complexity index is 64.3. The summed E-state index contributed by atoms with van der Waals surface area (Å²) in [7, 11) is 2.15. The summed E-state index contributed by atoms with van der Waals surface area (Å²) in [5.74, 6) is 0. The first kappa shape index (κ1) is 9.92. The number of hydrogen-bond acceptors (Lipinski definition) is 2. The smallest absolute Gasteiger partial charge is 0.0104 e. The zero-order valence-corrected chi connectivity index (χ0v) is 7.48. The van der Waals surface area contributed by atoms with Crippen LogP contribution in [0.4, 0.5) is 0 Å². The zero-order chi connectivity index (χ0) is 7.82. The van der Waals surface area contributed by atoms with Crippen LogP contribution < -0.4 is 5.32 Å². The Morgan fingerprint density at radius 3 is 2.40 bits per heavy atom. The lowest BCUT2D eigenvalue weighted by Crippen LogP contribution is -2.29. The van der Waals surface area contributed by atoms with Gasteiger partial charge >= 0.3 is 0 Å². The average Bonchev–Trinajstić information content (AvgIpc) is 1.98. The predicted molar refractivity (Wildman–Crippen MR) is 46.3 cm³/mol. The molecule has 0 unspecified atom stereocenters. The molecule has 0 aliphatic rings. The highest BCUT2D eigenvalue weighted by atomic mass is 15.1. The van der Waals surface area contributed by atoms with Gasteiger partial charge in [-0.1, -0.05) is 13.8 Å². The highest BCUT2D eigenvalue weighted by Gasteiger charge is 1.91. The molecule has 0 aliphatic heterocycles. The van der Waals surface area contributed by atoms with Gasteiger partial charge < -0.3 is 10.2 Å². The van der Waals surface area contributed by atoms with E-state index in [1.54, 1.807) is 0 Å². The molecule has 2 nitrogen and oxygen atoms in total. The first-order valence-corrected chi connectivity index (χ1v) is 4.20. The SMILES string of the molecule is CCCNCCN(C)CC. The van der Waals surface area contributed by atoms with Gasteiger partial charge in [0.05, 0.1) is 0 Å². The molecule has 0 saturated carbocycles. The number of likely N-dealkylation sites (N-methyl/N-ethyl adjacent to an activating group) is 1. The summed E-state index contributed by atoms with van der Waals surface area (Å²) in [6, 6.07) is 0. The second-order valence-electron chi connectivity index (χ2n) is 2.65. The van der Waals surface area contributed by atoms with Crippen molar-refractivity contribution in [2.45, 2.75) is 20.3 Å². The Morgan fingerprint density at radius 1 is 1.20 bits per heavy atom. The van der Waals surface area contributed by atoms with Crippen LogP contribution in [0.25, 0.3) is 0 Å². The molecule has 0 atom stereocenters. The van der Waals surface area contributed by atoms with Gasteiger partial charge in [-0.05, 0) is 26.6 Å². The molecule has 0 saturated heterocycles. The second kappa shape index (κ2) is 7.03. The third-order valence-electron chi connectivity index (χ3n) is 1.64. The van der Waals surface area contributed by atoms with E-state index in [4.69, 9.17) is 0 Å². The van der Waals surface area contributed by atoms with E-state index in [0.717, 1.165) is 26.2 Å². The first-order chi connectivity index (χ1) is 4.81. The Morgan fingerprint density at radius 2 is 1.90 bits per heavy atom. The van der Waals surface area contributed by atoms with Gasteiger partial charge in [0.15, 0.2) is 0 Å². The average molecular weight is 144 g/mol. The van der Waals surface area contributed by atoms with E-state index in [-0.39, 0.29) is 0 Å². The van der Waals surface area contributed by atoms with Gasteiger partial charge in [0.25, 0.3) is 0 Å². The zero-order valence-electron chi connectivity index (χ0n) is 7.48. The van der Waals surface area contributed by atoms with Crippen molar-refractivity contribution in [3.63, 3.8) is 0 Å². The van der Waals surface area contributed by atoms with Crippen molar-refractivity contribution >= 4 is 0 Å².